The number of esters is 1. The number of aliphatic hydroxyl groups excluding tert-OH is 1. The topological polar surface area (TPSA) is 146 Å². The summed E-state index contributed by atoms with van der Waals surface area (Å²) in [6.07, 6.45) is -0.300. The molecular formula is C37H40N4O8. The minimum absolute atomic E-state index is 0.0401. The first-order valence-electron chi connectivity index (χ1n) is 16.3. The van der Waals surface area contributed by atoms with Crippen LogP contribution in [0, 0.1) is 0 Å². The molecule has 0 radical (unpaired) electrons. The van der Waals surface area contributed by atoms with Crippen LogP contribution in [0.5, 0.6) is 11.5 Å². The molecule has 12 heteroatoms. The number of aliphatic imine (C=N–C) groups is 1. The van der Waals surface area contributed by atoms with E-state index in [-0.39, 0.29) is 44.3 Å². The minimum Gasteiger partial charge on any atom is -0.497 e. The third-order valence-electron chi connectivity index (χ3n) is 8.26. The fourth-order valence-electron chi connectivity index (χ4n) is 5.97. The van der Waals surface area contributed by atoms with Gasteiger partial charge in [-0.3, -0.25) is 9.59 Å². The molecule has 3 aromatic carbocycles. The lowest BCUT2D eigenvalue weighted by Crippen LogP contribution is -2.48. The molecule has 0 saturated carbocycles. The van der Waals surface area contributed by atoms with Crippen LogP contribution in [-0.4, -0.2) is 69.4 Å². The number of ether oxygens (including phenoxy) is 4. The van der Waals surface area contributed by atoms with Crippen LogP contribution in [0.2, 0.25) is 0 Å². The van der Waals surface area contributed by atoms with E-state index >= 15 is 0 Å². The van der Waals surface area contributed by atoms with Crippen LogP contribution in [0.15, 0.2) is 82.3 Å². The van der Waals surface area contributed by atoms with Gasteiger partial charge in [-0.15, -0.1) is 0 Å². The molecule has 0 spiro atoms. The maximum absolute atomic E-state index is 14.9. The SMILES string of the molecule is COc1ccc(-c2nc(CN3Cc4ccccc4[C@@H]4OC(c5ccc(OCCCO)cc5)=N[C@]4(CCC(=O)OC(C)(C)C)C3=O)no2)cc1. The summed E-state index contributed by atoms with van der Waals surface area (Å²) in [6.45, 7) is 6.12. The van der Waals surface area contributed by atoms with E-state index in [9.17, 15) is 9.59 Å². The van der Waals surface area contributed by atoms with Gasteiger partial charge in [0.15, 0.2) is 17.5 Å². The second-order valence-electron chi connectivity index (χ2n) is 13.0. The molecule has 0 fully saturated rings. The Kier molecular flexibility index (Phi) is 9.68. The predicted octanol–water partition coefficient (Wildman–Crippen LogP) is 5.43. The first kappa shape index (κ1) is 33.7. The highest BCUT2D eigenvalue weighted by Gasteiger charge is 2.57. The van der Waals surface area contributed by atoms with E-state index in [2.05, 4.69) is 10.1 Å². The molecule has 2 aliphatic rings. The van der Waals surface area contributed by atoms with Gasteiger partial charge in [0, 0.05) is 42.7 Å². The quantitative estimate of drug-likeness (QED) is 0.153. The van der Waals surface area contributed by atoms with E-state index < -0.39 is 23.2 Å². The Morgan fingerprint density at radius 2 is 1.73 bits per heavy atom. The Bertz CT molecular complexity index is 1810. The van der Waals surface area contributed by atoms with Crippen LogP contribution >= 0.6 is 0 Å². The molecule has 0 aliphatic carbocycles. The molecule has 2 atom stereocenters. The largest absolute Gasteiger partial charge is 0.497 e. The van der Waals surface area contributed by atoms with Gasteiger partial charge in [0.25, 0.3) is 11.8 Å². The average molecular weight is 669 g/mol. The first-order chi connectivity index (χ1) is 23.6. The van der Waals surface area contributed by atoms with Crippen LogP contribution < -0.4 is 9.47 Å². The summed E-state index contributed by atoms with van der Waals surface area (Å²) in [5.74, 6) is 1.47. The summed E-state index contributed by atoms with van der Waals surface area (Å²) in [7, 11) is 1.59. The normalized spacial score (nSPS) is 18.6. The van der Waals surface area contributed by atoms with E-state index in [1.807, 2.05) is 48.5 Å². The fraction of sp³-hybridized carbons (Fsp3) is 0.378. The molecule has 1 N–H and O–H groups in total. The van der Waals surface area contributed by atoms with Gasteiger partial charge in [0.2, 0.25) is 5.90 Å². The lowest BCUT2D eigenvalue weighted by atomic mass is 9.83. The zero-order valence-electron chi connectivity index (χ0n) is 28.0. The summed E-state index contributed by atoms with van der Waals surface area (Å²) in [5.41, 5.74) is 0.863. The zero-order chi connectivity index (χ0) is 34.6. The number of hydrogen-bond acceptors (Lipinski definition) is 11. The monoisotopic (exact) mass is 668 g/mol. The number of benzene rings is 3. The standard InChI is InChI=1S/C37H40N4O8/c1-36(2,3)48-31(43)18-19-37-32(47-34(39-37)25-12-16-28(17-13-25)46-21-7-20-42)29-9-6-5-8-26(29)22-41(35(37)44)23-30-38-33(49-40-30)24-10-14-27(45-4)15-11-24/h5-6,8-17,32,42H,7,18-23H2,1-4H3/t32-,37-/m0/s1. The Balaban J connectivity index is 1.36. The highest BCUT2D eigenvalue weighted by molar-refractivity contribution is 6.01. The molecule has 6 rings (SSSR count). The number of nitrogens with zero attached hydrogens (tertiary/aromatic N) is 4. The summed E-state index contributed by atoms with van der Waals surface area (Å²) < 4.78 is 28.8. The van der Waals surface area contributed by atoms with E-state index in [1.54, 1.807) is 57.0 Å². The third-order valence-corrected chi connectivity index (χ3v) is 8.26. The van der Waals surface area contributed by atoms with Gasteiger partial charge in [-0.05, 0) is 81.3 Å². The number of hydrogen-bond donors (Lipinski definition) is 1. The number of aliphatic hydroxyl groups is 1. The highest BCUT2D eigenvalue weighted by Crippen LogP contribution is 2.47. The van der Waals surface area contributed by atoms with Crippen molar-refractivity contribution in [3.8, 4) is 23.0 Å². The molecule has 0 bridgehead atoms. The highest BCUT2D eigenvalue weighted by atomic mass is 16.6. The predicted molar refractivity (Wildman–Crippen MR) is 179 cm³/mol. The Hall–Kier alpha value is -5.23. The maximum atomic E-state index is 14.9. The Morgan fingerprint density at radius 3 is 2.45 bits per heavy atom. The van der Waals surface area contributed by atoms with Crippen molar-refractivity contribution in [3.63, 3.8) is 0 Å². The lowest BCUT2D eigenvalue weighted by Gasteiger charge is -2.32. The third kappa shape index (κ3) is 7.44. The number of carbonyl (C=O) groups excluding carboxylic acids is 2. The minimum atomic E-state index is -1.49. The van der Waals surface area contributed by atoms with Crippen LogP contribution in [0.25, 0.3) is 11.5 Å². The number of aromatic nitrogens is 2. The van der Waals surface area contributed by atoms with Crippen molar-refractivity contribution < 1.29 is 38.2 Å². The smallest absolute Gasteiger partial charge is 0.306 e. The number of rotatable bonds is 12. The van der Waals surface area contributed by atoms with Gasteiger partial charge in [-0.2, -0.15) is 4.98 Å². The van der Waals surface area contributed by atoms with Gasteiger partial charge in [-0.1, -0.05) is 29.4 Å². The van der Waals surface area contributed by atoms with E-state index in [0.29, 0.717) is 47.4 Å². The molecular weight excluding hydrogens is 628 g/mol. The molecule has 1 amide bonds. The number of amides is 1. The summed E-state index contributed by atoms with van der Waals surface area (Å²) in [4.78, 5) is 39.2. The summed E-state index contributed by atoms with van der Waals surface area (Å²) >= 11 is 0. The molecule has 256 valence electrons. The van der Waals surface area contributed by atoms with Gasteiger partial charge in [-0.25, -0.2) is 4.99 Å². The molecule has 1 aromatic heterocycles. The zero-order valence-corrected chi connectivity index (χ0v) is 28.0. The van der Waals surface area contributed by atoms with Gasteiger partial charge < -0.3 is 33.5 Å². The van der Waals surface area contributed by atoms with Gasteiger partial charge in [0.05, 0.1) is 20.3 Å². The molecule has 0 saturated heterocycles. The second kappa shape index (κ2) is 14.1. The van der Waals surface area contributed by atoms with Crippen LogP contribution in [0.1, 0.15) is 68.7 Å². The Labute approximate surface area is 284 Å². The number of carbonyl (C=O) groups is 2. The van der Waals surface area contributed by atoms with Crippen LogP contribution in [0.4, 0.5) is 0 Å². The van der Waals surface area contributed by atoms with Gasteiger partial charge in [0.1, 0.15) is 17.1 Å². The molecule has 49 heavy (non-hydrogen) atoms. The lowest BCUT2D eigenvalue weighted by molar-refractivity contribution is -0.155. The first-order valence-corrected chi connectivity index (χ1v) is 16.3. The van der Waals surface area contributed by atoms with Crippen molar-refractivity contribution in [1.82, 2.24) is 15.0 Å². The van der Waals surface area contributed by atoms with Crippen molar-refractivity contribution in [2.24, 2.45) is 4.99 Å². The summed E-state index contributed by atoms with van der Waals surface area (Å²) in [5, 5.41) is 13.3. The van der Waals surface area contributed by atoms with E-state index in [0.717, 1.165) is 11.1 Å². The van der Waals surface area contributed by atoms with Crippen molar-refractivity contribution >= 4 is 17.8 Å². The average Bonchev–Trinajstić information content (AvgIpc) is 3.71. The summed E-state index contributed by atoms with van der Waals surface area (Å²) in [6, 6.07) is 22.2. The molecule has 12 nitrogen and oxygen atoms in total. The Morgan fingerprint density at radius 1 is 1.02 bits per heavy atom. The van der Waals surface area contributed by atoms with Gasteiger partial charge >= 0.3 is 5.97 Å². The van der Waals surface area contributed by atoms with E-state index in [1.165, 1.54) is 0 Å². The van der Waals surface area contributed by atoms with Crippen molar-refractivity contribution in [2.75, 3.05) is 20.3 Å². The van der Waals surface area contributed by atoms with Crippen LogP contribution in [0.3, 0.4) is 0 Å². The number of fused-ring (bicyclic) bond motifs is 3. The van der Waals surface area contributed by atoms with Crippen LogP contribution in [-0.2, 0) is 32.2 Å². The molecule has 2 aliphatic heterocycles. The van der Waals surface area contributed by atoms with Crippen molar-refractivity contribution in [3.05, 3.63) is 95.3 Å². The fourth-order valence-corrected chi connectivity index (χ4v) is 5.97. The maximum Gasteiger partial charge on any atom is 0.306 e. The molecule has 0 unspecified atom stereocenters. The van der Waals surface area contributed by atoms with Crippen molar-refractivity contribution in [2.45, 2.75) is 70.4 Å². The molecule has 4 aromatic rings. The molecule has 3 heterocycles. The second-order valence-corrected chi connectivity index (χ2v) is 13.0. The number of methoxy groups -OCH3 is 1. The van der Waals surface area contributed by atoms with E-state index in [4.69, 9.17) is 33.6 Å². The van der Waals surface area contributed by atoms with Crippen molar-refractivity contribution in [1.29, 1.82) is 0 Å².